The molecule has 3 aromatic carbocycles. The van der Waals surface area contributed by atoms with Crippen molar-refractivity contribution in [3.8, 4) is 11.1 Å². The van der Waals surface area contributed by atoms with Gasteiger partial charge >= 0.3 is 0 Å². The fraction of sp³-hybridized carbons (Fsp3) is 0.143. The molecule has 0 radical (unpaired) electrons. The average Bonchev–Trinajstić information content (AvgIpc) is 2.64. The third-order valence-corrected chi connectivity index (χ3v) is 5.76. The van der Waals surface area contributed by atoms with E-state index in [4.69, 9.17) is 0 Å². The Morgan fingerprint density at radius 3 is 2.18 bits per heavy atom. The molecule has 0 saturated heterocycles. The Bertz CT molecular complexity index is 1110. The Kier molecular flexibility index (Phi) is 5.38. The van der Waals surface area contributed by atoms with Gasteiger partial charge in [-0.3, -0.25) is 4.72 Å². The smallest absolute Gasteiger partial charge is 0.262 e. The van der Waals surface area contributed by atoms with Gasteiger partial charge in [0, 0.05) is 31.0 Å². The van der Waals surface area contributed by atoms with Gasteiger partial charge in [-0.15, -0.1) is 0 Å². The molecule has 4 nitrogen and oxygen atoms in total. The van der Waals surface area contributed by atoms with E-state index in [1.807, 2.05) is 32.0 Å². The zero-order valence-corrected chi connectivity index (χ0v) is 16.5. The van der Waals surface area contributed by atoms with Gasteiger partial charge < -0.3 is 4.90 Å². The van der Waals surface area contributed by atoms with E-state index in [1.54, 1.807) is 42.5 Å². The molecule has 1 N–H and O–H groups in total. The highest BCUT2D eigenvalue weighted by Gasteiger charge is 2.23. The molecule has 0 aliphatic heterocycles. The summed E-state index contributed by atoms with van der Waals surface area (Å²) in [5.74, 6) is -2.34. The minimum Gasteiger partial charge on any atom is -0.377 e. The molecule has 0 amide bonds. The first kappa shape index (κ1) is 19.8. The Labute approximate surface area is 163 Å². The molecule has 0 aliphatic rings. The van der Waals surface area contributed by atoms with Crippen LogP contribution in [0.15, 0.2) is 65.6 Å². The predicted octanol–water partition coefficient (Wildman–Crippen LogP) is 4.81. The van der Waals surface area contributed by atoms with Crippen molar-refractivity contribution in [2.24, 2.45) is 0 Å². The molecule has 3 aromatic rings. The molecule has 0 unspecified atom stereocenters. The van der Waals surface area contributed by atoms with Crippen LogP contribution in [0, 0.1) is 18.6 Å². The number of halogens is 2. The van der Waals surface area contributed by atoms with Crippen molar-refractivity contribution in [2.75, 3.05) is 23.7 Å². The lowest BCUT2D eigenvalue weighted by Crippen LogP contribution is -2.15. The SMILES string of the molecule is Cc1ccc(-c2cc(F)c(F)cc2S(=O)(=O)Nc2ccccc2)cc1N(C)C. The second-order valence-electron chi connectivity index (χ2n) is 6.63. The van der Waals surface area contributed by atoms with Crippen molar-refractivity contribution < 1.29 is 17.2 Å². The molecule has 0 fully saturated rings. The van der Waals surface area contributed by atoms with Gasteiger partial charge in [-0.1, -0.05) is 30.3 Å². The summed E-state index contributed by atoms with van der Waals surface area (Å²) in [4.78, 5) is 1.54. The van der Waals surface area contributed by atoms with Gasteiger partial charge in [-0.2, -0.15) is 0 Å². The van der Waals surface area contributed by atoms with Crippen LogP contribution in [0.2, 0.25) is 0 Å². The number of benzene rings is 3. The van der Waals surface area contributed by atoms with Crippen molar-refractivity contribution in [2.45, 2.75) is 11.8 Å². The summed E-state index contributed by atoms with van der Waals surface area (Å²) in [6, 6.07) is 15.1. The maximum atomic E-state index is 14.0. The number of anilines is 2. The number of nitrogens with zero attached hydrogens (tertiary/aromatic N) is 1. The highest BCUT2D eigenvalue weighted by atomic mass is 32.2. The summed E-state index contributed by atoms with van der Waals surface area (Å²) in [6.07, 6.45) is 0. The average molecular weight is 402 g/mol. The fourth-order valence-corrected chi connectivity index (χ4v) is 4.23. The standard InChI is InChI=1S/C21H20F2N2O2S/c1-14-9-10-15(11-20(14)25(2)3)17-12-18(22)19(23)13-21(17)28(26,27)24-16-7-5-4-6-8-16/h4-13,24H,1-3H3. The lowest BCUT2D eigenvalue weighted by Gasteiger charge is -2.18. The first-order chi connectivity index (χ1) is 13.2. The van der Waals surface area contributed by atoms with Gasteiger partial charge in [-0.25, -0.2) is 17.2 Å². The molecule has 0 aromatic heterocycles. The Morgan fingerprint density at radius 2 is 1.54 bits per heavy atom. The zero-order valence-electron chi connectivity index (χ0n) is 15.7. The molecule has 0 atom stereocenters. The van der Waals surface area contributed by atoms with Gasteiger partial charge in [0.2, 0.25) is 0 Å². The molecule has 146 valence electrons. The number of hydrogen-bond donors (Lipinski definition) is 1. The first-order valence-corrected chi connectivity index (χ1v) is 10.0. The van der Waals surface area contributed by atoms with Crippen molar-refractivity contribution in [3.05, 3.63) is 77.9 Å². The molecule has 3 rings (SSSR count). The van der Waals surface area contributed by atoms with Gasteiger partial charge in [0.15, 0.2) is 11.6 Å². The van der Waals surface area contributed by atoms with Crippen LogP contribution in [0.4, 0.5) is 20.2 Å². The van der Waals surface area contributed by atoms with E-state index in [2.05, 4.69) is 4.72 Å². The second kappa shape index (κ2) is 7.59. The van der Waals surface area contributed by atoms with E-state index in [0.29, 0.717) is 17.3 Å². The highest BCUT2D eigenvalue weighted by Crippen LogP contribution is 2.33. The summed E-state index contributed by atoms with van der Waals surface area (Å²) in [7, 11) is -0.439. The number of hydrogen-bond acceptors (Lipinski definition) is 3. The third-order valence-electron chi connectivity index (χ3n) is 4.34. The lowest BCUT2D eigenvalue weighted by molar-refractivity contribution is 0.505. The summed E-state index contributed by atoms with van der Waals surface area (Å²) in [6.45, 7) is 1.92. The van der Waals surface area contributed by atoms with E-state index in [0.717, 1.165) is 17.3 Å². The van der Waals surface area contributed by atoms with Gasteiger partial charge in [0.05, 0.1) is 4.90 Å². The number of para-hydroxylation sites is 1. The van der Waals surface area contributed by atoms with E-state index in [-0.39, 0.29) is 10.5 Å². The molecule has 0 saturated carbocycles. The predicted molar refractivity (Wildman–Crippen MR) is 108 cm³/mol. The largest absolute Gasteiger partial charge is 0.377 e. The van der Waals surface area contributed by atoms with Crippen LogP contribution in [0.3, 0.4) is 0 Å². The van der Waals surface area contributed by atoms with Crippen molar-refractivity contribution in [1.29, 1.82) is 0 Å². The maximum absolute atomic E-state index is 14.0. The molecule has 0 bridgehead atoms. The highest BCUT2D eigenvalue weighted by molar-refractivity contribution is 7.92. The fourth-order valence-electron chi connectivity index (χ4n) is 2.95. The van der Waals surface area contributed by atoms with E-state index >= 15 is 0 Å². The monoisotopic (exact) mass is 402 g/mol. The topological polar surface area (TPSA) is 49.4 Å². The summed E-state index contributed by atoms with van der Waals surface area (Å²) < 4.78 is 56.2. The van der Waals surface area contributed by atoms with Crippen LogP contribution >= 0.6 is 0 Å². The Hall–Kier alpha value is -2.93. The zero-order chi connectivity index (χ0) is 20.5. The van der Waals surface area contributed by atoms with Gasteiger partial charge in [-0.05, 0) is 48.4 Å². The molecule has 0 aliphatic carbocycles. The number of aryl methyl sites for hydroxylation is 1. The number of rotatable bonds is 5. The normalized spacial score (nSPS) is 11.3. The lowest BCUT2D eigenvalue weighted by atomic mass is 10.0. The second-order valence-corrected chi connectivity index (χ2v) is 8.28. The van der Waals surface area contributed by atoms with Crippen LogP contribution < -0.4 is 9.62 Å². The summed E-state index contributed by atoms with van der Waals surface area (Å²) >= 11 is 0. The van der Waals surface area contributed by atoms with Gasteiger partial charge in [0.25, 0.3) is 10.0 Å². The summed E-state index contributed by atoms with van der Waals surface area (Å²) in [5, 5.41) is 0. The molecule has 0 heterocycles. The van der Waals surface area contributed by atoms with Crippen molar-refractivity contribution in [1.82, 2.24) is 0 Å². The van der Waals surface area contributed by atoms with E-state index in [9.17, 15) is 17.2 Å². The van der Waals surface area contributed by atoms with Crippen molar-refractivity contribution >= 4 is 21.4 Å². The number of sulfonamides is 1. The molecular weight excluding hydrogens is 382 g/mol. The molecule has 0 spiro atoms. The van der Waals surface area contributed by atoms with Crippen LogP contribution in [0.1, 0.15) is 5.56 Å². The maximum Gasteiger partial charge on any atom is 0.262 e. The van der Waals surface area contributed by atoms with Crippen molar-refractivity contribution in [3.63, 3.8) is 0 Å². The third kappa shape index (κ3) is 3.99. The van der Waals surface area contributed by atoms with Crippen LogP contribution in [0.25, 0.3) is 11.1 Å². The molecule has 28 heavy (non-hydrogen) atoms. The Balaban J connectivity index is 2.18. The Morgan fingerprint density at radius 1 is 0.893 bits per heavy atom. The summed E-state index contributed by atoms with van der Waals surface area (Å²) in [5.41, 5.74) is 2.72. The van der Waals surface area contributed by atoms with Gasteiger partial charge in [0.1, 0.15) is 0 Å². The van der Waals surface area contributed by atoms with E-state index in [1.165, 1.54) is 0 Å². The molecule has 7 heteroatoms. The quantitative estimate of drug-likeness (QED) is 0.667. The molecular formula is C21H20F2N2O2S. The number of nitrogens with one attached hydrogen (secondary N) is 1. The van der Waals surface area contributed by atoms with Crippen LogP contribution in [-0.2, 0) is 10.0 Å². The van der Waals surface area contributed by atoms with E-state index < -0.39 is 21.7 Å². The van der Waals surface area contributed by atoms with Crippen LogP contribution in [0.5, 0.6) is 0 Å². The minimum absolute atomic E-state index is 0.0884. The first-order valence-electron chi connectivity index (χ1n) is 8.54. The van der Waals surface area contributed by atoms with Crippen LogP contribution in [-0.4, -0.2) is 22.5 Å². The minimum atomic E-state index is -4.14.